The van der Waals surface area contributed by atoms with Crippen LogP contribution in [0.2, 0.25) is 0 Å². The lowest BCUT2D eigenvalue weighted by atomic mass is 9.82. The Morgan fingerprint density at radius 3 is 2.25 bits per heavy atom. The first-order valence-electron chi connectivity index (χ1n) is 7.37. The molecule has 2 unspecified atom stereocenters. The van der Waals surface area contributed by atoms with E-state index in [4.69, 9.17) is 4.74 Å². The molecule has 3 nitrogen and oxygen atoms in total. The van der Waals surface area contributed by atoms with Gasteiger partial charge in [-0.2, -0.15) is 0 Å². The standard InChI is InChI=1S/C17H24O3/c1-12-8-13(2)10-16(9-12)20-11-14-4-6-15(7-5-14)17(18)19-3/h4-7,12-13,16H,8-11H2,1-3H3. The first kappa shape index (κ1) is 15.0. The van der Waals surface area contributed by atoms with Crippen LogP contribution in [0.4, 0.5) is 0 Å². The van der Waals surface area contributed by atoms with Crippen LogP contribution in [-0.4, -0.2) is 19.2 Å². The molecule has 1 aliphatic carbocycles. The van der Waals surface area contributed by atoms with Gasteiger partial charge in [0, 0.05) is 0 Å². The van der Waals surface area contributed by atoms with Crippen LogP contribution in [-0.2, 0) is 16.1 Å². The van der Waals surface area contributed by atoms with Crippen molar-refractivity contribution in [3.8, 4) is 0 Å². The van der Waals surface area contributed by atoms with E-state index in [9.17, 15) is 4.79 Å². The lowest BCUT2D eigenvalue weighted by Gasteiger charge is -2.31. The van der Waals surface area contributed by atoms with E-state index in [1.54, 1.807) is 12.1 Å². The fourth-order valence-electron chi connectivity index (χ4n) is 3.08. The molecule has 1 fully saturated rings. The maximum absolute atomic E-state index is 11.3. The van der Waals surface area contributed by atoms with Gasteiger partial charge >= 0.3 is 5.97 Å². The predicted molar refractivity (Wildman–Crippen MR) is 78.5 cm³/mol. The minimum atomic E-state index is -0.299. The monoisotopic (exact) mass is 276 g/mol. The third kappa shape index (κ3) is 4.07. The van der Waals surface area contributed by atoms with Crippen molar-refractivity contribution in [3.63, 3.8) is 0 Å². The van der Waals surface area contributed by atoms with Crippen molar-refractivity contribution in [1.29, 1.82) is 0 Å². The van der Waals surface area contributed by atoms with Crippen LogP contribution < -0.4 is 0 Å². The van der Waals surface area contributed by atoms with Crippen LogP contribution in [0.5, 0.6) is 0 Å². The summed E-state index contributed by atoms with van der Waals surface area (Å²) in [5, 5.41) is 0. The Morgan fingerprint density at radius 1 is 1.10 bits per heavy atom. The van der Waals surface area contributed by atoms with E-state index in [0.717, 1.165) is 30.2 Å². The number of carbonyl (C=O) groups is 1. The topological polar surface area (TPSA) is 35.5 Å². The molecule has 3 heteroatoms. The second kappa shape index (κ2) is 6.89. The van der Waals surface area contributed by atoms with Crippen LogP contribution in [0.3, 0.4) is 0 Å². The van der Waals surface area contributed by atoms with Crippen molar-refractivity contribution >= 4 is 5.97 Å². The average molecular weight is 276 g/mol. The molecule has 2 atom stereocenters. The molecule has 2 rings (SSSR count). The highest BCUT2D eigenvalue weighted by Crippen LogP contribution is 2.30. The van der Waals surface area contributed by atoms with Gasteiger partial charge in [0.05, 0.1) is 25.4 Å². The number of esters is 1. The molecule has 0 heterocycles. The van der Waals surface area contributed by atoms with Gasteiger partial charge in [0.15, 0.2) is 0 Å². The fourth-order valence-corrected chi connectivity index (χ4v) is 3.08. The van der Waals surface area contributed by atoms with Crippen LogP contribution >= 0.6 is 0 Å². The van der Waals surface area contributed by atoms with Gasteiger partial charge < -0.3 is 9.47 Å². The highest BCUT2D eigenvalue weighted by atomic mass is 16.5. The summed E-state index contributed by atoms with van der Waals surface area (Å²) in [6.07, 6.45) is 4.00. The molecule has 20 heavy (non-hydrogen) atoms. The molecular formula is C17H24O3. The van der Waals surface area contributed by atoms with Crippen molar-refractivity contribution in [2.45, 2.75) is 45.8 Å². The Bertz CT molecular complexity index is 428. The normalized spacial score (nSPS) is 26.2. The molecule has 1 aliphatic rings. The second-order valence-electron chi connectivity index (χ2n) is 6.04. The summed E-state index contributed by atoms with van der Waals surface area (Å²) in [5.41, 5.74) is 1.68. The minimum Gasteiger partial charge on any atom is -0.465 e. The van der Waals surface area contributed by atoms with Gasteiger partial charge in [0.2, 0.25) is 0 Å². The molecule has 0 bridgehead atoms. The minimum absolute atomic E-state index is 0.299. The maximum Gasteiger partial charge on any atom is 0.337 e. The Hall–Kier alpha value is -1.35. The highest BCUT2D eigenvalue weighted by molar-refractivity contribution is 5.89. The van der Waals surface area contributed by atoms with Crippen LogP contribution in [0.25, 0.3) is 0 Å². The molecule has 0 radical (unpaired) electrons. The second-order valence-corrected chi connectivity index (χ2v) is 6.04. The maximum atomic E-state index is 11.3. The highest BCUT2D eigenvalue weighted by Gasteiger charge is 2.24. The number of hydrogen-bond acceptors (Lipinski definition) is 3. The largest absolute Gasteiger partial charge is 0.465 e. The molecule has 0 saturated heterocycles. The zero-order valence-corrected chi connectivity index (χ0v) is 12.6. The molecule has 0 spiro atoms. The first-order valence-corrected chi connectivity index (χ1v) is 7.37. The van der Waals surface area contributed by atoms with Crippen molar-refractivity contribution in [3.05, 3.63) is 35.4 Å². The van der Waals surface area contributed by atoms with Crippen molar-refractivity contribution < 1.29 is 14.3 Å². The summed E-state index contributed by atoms with van der Waals surface area (Å²) in [5.74, 6) is 1.21. The van der Waals surface area contributed by atoms with Gasteiger partial charge in [-0.05, 0) is 48.8 Å². The third-order valence-electron chi connectivity index (χ3n) is 4.00. The zero-order valence-electron chi connectivity index (χ0n) is 12.6. The summed E-state index contributed by atoms with van der Waals surface area (Å²) in [6, 6.07) is 7.44. The lowest BCUT2D eigenvalue weighted by molar-refractivity contribution is -0.00917. The number of methoxy groups -OCH3 is 1. The summed E-state index contributed by atoms with van der Waals surface area (Å²) in [4.78, 5) is 11.3. The van der Waals surface area contributed by atoms with E-state index in [-0.39, 0.29) is 5.97 Å². The Morgan fingerprint density at radius 2 is 1.70 bits per heavy atom. The van der Waals surface area contributed by atoms with Gasteiger partial charge in [-0.15, -0.1) is 0 Å². The van der Waals surface area contributed by atoms with Gasteiger partial charge in [-0.1, -0.05) is 26.0 Å². The Labute approximate surface area is 121 Å². The SMILES string of the molecule is COC(=O)c1ccc(COC2CC(C)CC(C)C2)cc1. The molecule has 1 saturated carbocycles. The van der Waals surface area contributed by atoms with Crippen molar-refractivity contribution in [1.82, 2.24) is 0 Å². The van der Waals surface area contributed by atoms with Crippen LogP contribution in [0.15, 0.2) is 24.3 Å². The Balaban J connectivity index is 1.86. The number of benzene rings is 1. The summed E-state index contributed by atoms with van der Waals surface area (Å²) in [6.45, 7) is 5.22. The van der Waals surface area contributed by atoms with Crippen LogP contribution in [0, 0.1) is 11.8 Å². The van der Waals surface area contributed by atoms with E-state index in [1.165, 1.54) is 13.5 Å². The van der Waals surface area contributed by atoms with Crippen molar-refractivity contribution in [2.75, 3.05) is 7.11 Å². The summed E-state index contributed by atoms with van der Waals surface area (Å²) < 4.78 is 10.7. The molecule has 0 aliphatic heterocycles. The number of ether oxygens (including phenoxy) is 2. The molecule has 110 valence electrons. The molecule has 1 aromatic rings. The third-order valence-corrected chi connectivity index (χ3v) is 4.00. The van der Waals surface area contributed by atoms with Crippen LogP contribution in [0.1, 0.15) is 49.0 Å². The molecular weight excluding hydrogens is 252 g/mol. The molecule has 0 aromatic heterocycles. The summed E-state index contributed by atoms with van der Waals surface area (Å²) >= 11 is 0. The zero-order chi connectivity index (χ0) is 14.5. The van der Waals surface area contributed by atoms with Crippen molar-refractivity contribution in [2.24, 2.45) is 11.8 Å². The van der Waals surface area contributed by atoms with Gasteiger partial charge in [-0.25, -0.2) is 4.79 Å². The first-order chi connectivity index (χ1) is 9.58. The van der Waals surface area contributed by atoms with E-state index in [1.807, 2.05) is 12.1 Å². The predicted octanol–water partition coefficient (Wildman–Crippen LogP) is 3.81. The van der Waals surface area contributed by atoms with E-state index >= 15 is 0 Å². The number of rotatable bonds is 4. The average Bonchev–Trinajstić information content (AvgIpc) is 2.44. The van der Waals surface area contributed by atoms with Gasteiger partial charge in [0.25, 0.3) is 0 Å². The van der Waals surface area contributed by atoms with E-state index < -0.39 is 0 Å². The van der Waals surface area contributed by atoms with E-state index in [2.05, 4.69) is 18.6 Å². The molecule has 1 aromatic carbocycles. The van der Waals surface area contributed by atoms with Gasteiger partial charge in [-0.3, -0.25) is 0 Å². The number of hydrogen-bond donors (Lipinski definition) is 0. The fraction of sp³-hybridized carbons (Fsp3) is 0.588. The quantitative estimate of drug-likeness (QED) is 0.784. The smallest absolute Gasteiger partial charge is 0.337 e. The molecule has 0 N–H and O–H groups in total. The van der Waals surface area contributed by atoms with E-state index in [0.29, 0.717) is 18.3 Å². The lowest BCUT2D eigenvalue weighted by Crippen LogP contribution is -2.26. The number of carbonyl (C=O) groups excluding carboxylic acids is 1. The van der Waals surface area contributed by atoms with Gasteiger partial charge in [0.1, 0.15) is 0 Å². The summed E-state index contributed by atoms with van der Waals surface area (Å²) in [7, 11) is 1.39. The molecule has 0 amide bonds. The Kier molecular flexibility index (Phi) is 5.18.